The van der Waals surface area contributed by atoms with Gasteiger partial charge in [0.05, 0.1) is 12.5 Å². The molecule has 2 amide bonds. The summed E-state index contributed by atoms with van der Waals surface area (Å²) in [5, 5.41) is 0. The maximum atomic E-state index is 12.4. The van der Waals surface area contributed by atoms with Crippen molar-refractivity contribution in [2.24, 2.45) is 11.7 Å². The minimum atomic E-state index is -0.308. The number of hydrogen-bond donors (Lipinski definition) is 1. The summed E-state index contributed by atoms with van der Waals surface area (Å²) in [5.41, 5.74) is 6.53. The van der Waals surface area contributed by atoms with Crippen LogP contribution in [0.15, 0.2) is 24.3 Å². The van der Waals surface area contributed by atoms with Crippen LogP contribution in [0.5, 0.6) is 5.75 Å². The van der Waals surface area contributed by atoms with Gasteiger partial charge in [-0.15, -0.1) is 0 Å². The predicted molar refractivity (Wildman–Crippen MR) is 89.0 cm³/mol. The van der Waals surface area contributed by atoms with Gasteiger partial charge < -0.3 is 15.4 Å². The Bertz CT molecular complexity index is 559. The number of ether oxygens (including phenoxy) is 1. The molecule has 2 atom stereocenters. The second kappa shape index (κ2) is 7.99. The average Bonchev–Trinajstić information content (AvgIpc) is 2.51. The second-order valence-corrected chi connectivity index (χ2v) is 6.34. The Balaban J connectivity index is 1.76. The lowest BCUT2D eigenvalue weighted by Crippen LogP contribution is -2.48. The van der Waals surface area contributed by atoms with Gasteiger partial charge in [-0.3, -0.25) is 9.59 Å². The van der Waals surface area contributed by atoms with Crippen LogP contribution in [0, 0.1) is 12.8 Å². The minimum Gasteiger partial charge on any atom is -0.494 e. The molecule has 0 spiro atoms. The number of likely N-dealkylation sites (tertiary alicyclic amines) is 1. The lowest BCUT2D eigenvalue weighted by Gasteiger charge is -2.37. The number of carbonyl (C=O) groups excluding carboxylic acids is 2. The SMILES string of the molecule is Cc1cccc(OCCCC(=O)N2CC(C(N)=O)CCC2C)c1. The normalized spacial score (nSPS) is 21.0. The number of hydrogen-bond acceptors (Lipinski definition) is 3. The molecule has 23 heavy (non-hydrogen) atoms. The number of aryl methyl sites for hydroxylation is 1. The topological polar surface area (TPSA) is 72.6 Å². The van der Waals surface area contributed by atoms with E-state index in [0.717, 1.165) is 24.2 Å². The molecule has 1 aliphatic heterocycles. The van der Waals surface area contributed by atoms with Crippen molar-refractivity contribution in [3.05, 3.63) is 29.8 Å². The quantitative estimate of drug-likeness (QED) is 0.818. The summed E-state index contributed by atoms with van der Waals surface area (Å²) in [5.74, 6) is 0.394. The smallest absolute Gasteiger partial charge is 0.222 e. The summed E-state index contributed by atoms with van der Waals surface area (Å²) in [4.78, 5) is 25.5. The summed E-state index contributed by atoms with van der Waals surface area (Å²) in [7, 11) is 0. The summed E-state index contributed by atoms with van der Waals surface area (Å²) in [6, 6.07) is 8.04. The maximum Gasteiger partial charge on any atom is 0.222 e. The summed E-state index contributed by atoms with van der Waals surface area (Å²) in [6.45, 7) is 5.01. The highest BCUT2D eigenvalue weighted by Crippen LogP contribution is 2.22. The summed E-state index contributed by atoms with van der Waals surface area (Å²) in [6.07, 6.45) is 2.70. The van der Waals surface area contributed by atoms with Gasteiger partial charge in [0.1, 0.15) is 5.75 Å². The molecular formula is C18H26N2O3. The number of primary amides is 1. The lowest BCUT2D eigenvalue weighted by atomic mass is 9.92. The van der Waals surface area contributed by atoms with Crippen LogP contribution in [-0.4, -0.2) is 35.9 Å². The van der Waals surface area contributed by atoms with Crippen molar-refractivity contribution in [1.29, 1.82) is 0 Å². The molecule has 1 fully saturated rings. The molecule has 126 valence electrons. The van der Waals surface area contributed by atoms with Crippen molar-refractivity contribution in [3.8, 4) is 5.75 Å². The molecule has 1 aromatic rings. The standard InChI is InChI=1S/C18H26N2O3/c1-13-5-3-6-16(11-13)23-10-4-7-17(21)20-12-15(18(19)22)9-8-14(20)2/h3,5-6,11,14-15H,4,7-10,12H2,1-2H3,(H2,19,22). The van der Waals surface area contributed by atoms with Crippen LogP contribution < -0.4 is 10.5 Å². The molecule has 0 bridgehead atoms. The Morgan fingerprint density at radius 2 is 2.13 bits per heavy atom. The van der Waals surface area contributed by atoms with Gasteiger partial charge in [-0.05, 0) is 50.8 Å². The summed E-state index contributed by atoms with van der Waals surface area (Å²) < 4.78 is 5.67. The maximum absolute atomic E-state index is 12.4. The van der Waals surface area contributed by atoms with Crippen molar-refractivity contribution < 1.29 is 14.3 Å². The van der Waals surface area contributed by atoms with Crippen LogP contribution in [0.3, 0.4) is 0 Å². The second-order valence-electron chi connectivity index (χ2n) is 6.34. The third-order valence-corrected chi connectivity index (χ3v) is 4.40. The Kier molecular flexibility index (Phi) is 6.02. The van der Waals surface area contributed by atoms with Gasteiger partial charge in [0.25, 0.3) is 0 Å². The van der Waals surface area contributed by atoms with Gasteiger partial charge in [-0.2, -0.15) is 0 Å². The third kappa shape index (κ3) is 4.98. The zero-order valence-corrected chi connectivity index (χ0v) is 14.0. The summed E-state index contributed by atoms with van der Waals surface area (Å²) >= 11 is 0. The van der Waals surface area contributed by atoms with E-state index in [4.69, 9.17) is 10.5 Å². The van der Waals surface area contributed by atoms with Crippen molar-refractivity contribution >= 4 is 11.8 Å². The van der Waals surface area contributed by atoms with Crippen LogP contribution in [0.4, 0.5) is 0 Å². The number of benzene rings is 1. The predicted octanol–water partition coefficient (Wildman–Crippen LogP) is 2.27. The van der Waals surface area contributed by atoms with Crippen molar-refractivity contribution in [2.45, 2.75) is 45.6 Å². The van der Waals surface area contributed by atoms with E-state index in [-0.39, 0.29) is 23.8 Å². The first-order chi connectivity index (χ1) is 11.0. The van der Waals surface area contributed by atoms with E-state index in [1.54, 1.807) is 4.90 Å². The Morgan fingerprint density at radius 3 is 2.83 bits per heavy atom. The van der Waals surface area contributed by atoms with E-state index in [9.17, 15) is 9.59 Å². The number of nitrogens with two attached hydrogens (primary N) is 1. The molecule has 0 aromatic heterocycles. The van der Waals surface area contributed by atoms with E-state index in [0.29, 0.717) is 26.0 Å². The van der Waals surface area contributed by atoms with E-state index in [2.05, 4.69) is 0 Å². The first-order valence-electron chi connectivity index (χ1n) is 8.25. The highest BCUT2D eigenvalue weighted by molar-refractivity contribution is 5.80. The molecule has 2 N–H and O–H groups in total. The lowest BCUT2D eigenvalue weighted by molar-refractivity contribution is -0.137. The number of amides is 2. The number of piperidine rings is 1. The molecule has 2 rings (SSSR count). The number of rotatable bonds is 6. The zero-order chi connectivity index (χ0) is 16.8. The highest BCUT2D eigenvalue weighted by Gasteiger charge is 2.31. The fourth-order valence-electron chi connectivity index (χ4n) is 2.95. The fourth-order valence-corrected chi connectivity index (χ4v) is 2.95. The molecule has 2 unspecified atom stereocenters. The van der Waals surface area contributed by atoms with Crippen LogP contribution in [0.2, 0.25) is 0 Å². The zero-order valence-electron chi connectivity index (χ0n) is 14.0. The van der Waals surface area contributed by atoms with Crippen LogP contribution >= 0.6 is 0 Å². The third-order valence-electron chi connectivity index (χ3n) is 4.40. The Labute approximate surface area is 137 Å². The van der Waals surface area contributed by atoms with Crippen molar-refractivity contribution in [1.82, 2.24) is 4.90 Å². The largest absolute Gasteiger partial charge is 0.494 e. The Morgan fingerprint density at radius 1 is 1.35 bits per heavy atom. The molecule has 0 aliphatic carbocycles. The van der Waals surface area contributed by atoms with E-state index < -0.39 is 0 Å². The molecule has 1 saturated heterocycles. The van der Waals surface area contributed by atoms with Crippen LogP contribution in [0.25, 0.3) is 0 Å². The molecule has 1 heterocycles. The molecule has 0 radical (unpaired) electrons. The number of nitrogens with zero attached hydrogens (tertiary/aromatic N) is 1. The highest BCUT2D eigenvalue weighted by atomic mass is 16.5. The van der Waals surface area contributed by atoms with Gasteiger partial charge in [0.15, 0.2) is 0 Å². The van der Waals surface area contributed by atoms with E-state index >= 15 is 0 Å². The average molecular weight is 318 g/mol. The molecule has 1 aromatic carbocycles. The minimum absolute atomic E-state index is 0.0799. The first-order valence-corrected chi connectivity index (χ1v) is 8.25. The molecule has 0 saturated carbocycles. The van der Waals surface area contributed by atoms with Crippen molar-refractivity contribution in [3.63, 3.8) is 0 Å². The van der Waals surface area contributed by atoms with Gasteiger partial charge in [-0.1, -0.05) is 12.1 Å². The molecule has 5 nitrogen and oxygen atoms in total. The van der Waals surface area contributed by atoms with Gasteiger partial charge in [0, 0.05) is 19.0 Å². The fraction of sp³-hybridized carbons (Fsp3) is 0.556. The van der Waals surface area contributed by atoms with Crippen LogP contribution in [-0.2, 0) is 9.59 Å². The monoisotopic (exact) mass is 318 g/mol. The van der Waals surface area contributed by atoms with E-state index in [1.165, 1.54) is 0 Å². The first kappa shape index (κ1) is 17.3. The van der Waals surface area contributed by atoms with Crippen molar-refractivity contribution in [2.75, 3.05) is 13.2 Å². The van der Waals surface area contributed by atoms with Gasteiger partial charge in [0.2, 0.25) is 11.8 Å². The van der Waals surface area contributed by atoms with E-state index in [1.807, 2.05) is 38.1 Å². The molecular weight excluding hydrogens is 292 g/mol. The van der Waals surface area contributed by atoms with Crippen LogP contribution in [0.1, 0.15) is 38.2 Å². The number of carbonyl (C=O) groups is 2. The molecule has 1 aliphatic rings. The van der Waals surface area contributed by atoms with Gasteiger partial charge >= 0.3 is 0 Å². The Hall–Kier alpha value is -2.04. The van der Waals surface area contributed by atoms with Gasteiger partial charge in [-0.25, -0.2) is 0 Å². The molecule has 5 heteroatoms.